The third kappa shape index (κ3) is 9.97. The number of likely N-dealkylation sites (N-methyl/N-ethyl adjacent to an activating group) is 2. The number of rotatable bonds is 16. The second-order valence-corrected chi connectivity index (χ2v) is 12.9. The van der Waals surface area contributed by atoms with E-state index in [-0.39, 0.29) is 41.4 Å². The molecule has 1 fully saturated rings. The van der Waals surface area contributed by atoms with Crippen molar-refractivity contribution in [3.05, 3.63) is 16.1 Å². The Hall–Kier alpha value is -2.57. The van der Waals surface area contributed by atoms with Crippen LogP contribution in [0, 0.1) is 11.8 Å². The molecule has 43 heavy (non-hydrogen) atoms. The minimum Gasteiger partial charge on any atom is -0.467 e. The van der Waals surface area contributed by atoms with E-state index in [0.29, 0.717) is 24.3 Å². The summed E-state index contributed by atoms with van der Waals surface area (Å²) in [5, 5.41) is 8.07. The average Bonchev–Trinajstić information content (AvgIpc) is 3.49. The second-order valence-electron chi connectivity index (χ2n) is 12.0. The molecule has 1 aromatic rings. The fourth-order valence-electron chi connectivity index (χ4n) is 5.57. The molecule has 2 rings (SSSR count). The van der Waals surface area contributed by atoms with Crippen LogP contribution < -0.4 is 10.6 Å². The number of ether oxygens (including phenoxy) is 2. The monoisotopic (exact) mass is 623 g/mol. The van der Waals surface area contributed by atoms with E-state index in [2.05, 4.69) is 34.4 Å². The lowest BCUT2D eigenvalue weighted by Crippen LogP contribution is -2.58. The molecule has 2 heterocycles. The second kappa shape index (κ2) is 17.7. The predicted molar refractivity (Wildman–Crippen MR) is 168 cm³/mol. The summed E-state index contributed by atoms with van der Waals surface area (Å²) in [6.45, 7) is 10.9. The molecule has 1 saturated heterocycles. The molecule has 3 amide bonds. The Bertz CT molecular complexity index is 1070. The van der Waals surface area contributed by atoms with Crippen LogP contribution in [0.15, 0.2) is 5.38 Å². The summed E-state index contributed by atoms with van der Waals surface area (Å²) in [6.07, 6.45) is 4.77. The molecule has 1 aliphatic rings. The zero-order valence-electron chi connectivity index (χ0n) is 27.5. The number of carbonyl (C=O) groups is 4. The van der Waals surface area contributed by atoms with Gasteiger partial charge in [-0.3, -0.25) is 19.3 Å². The summed E-state index contributed by atoms with van der Waals surface area (Å²) in [5.74, 6) is -1.12. The lowest BCUT2D eigenvalue weighted by atomic mass is 9.92. The molecule has 0 spiro atoms. The number of nitrogens with one attached hydrogen (secondary N) is 2. The third-order valence-corrected chi connectivity index (χ3v) is 9.54. The van der Waals surface area contributed by atoms with E-state index in [4.69, 9.17) is 9.47 Å². The molecule has 1 aliphatic heterocycles. The largest absolute Gasteiger partial charge is 0.467 e. The number of aromatic nitrogens is 1. The van der Waals surface area contributed by atoms with Gasteiger partial charge in [-0.25, -0.2) is 9.78 Å². The number of hydrogen-bond donors (Lipinski definition) is 2. The Kier molecular flexibility index (Phi) is 15.0. The van der Waals surface area contributed by atoms with Gasteiger partial charge < -0.3 is 25.0 Å². The highest BCUT2D eigenvalue weighted by molar-refractivity contribution is 7.09. The third-order valence-electron chi connectivity index (χ3n) is 8.60. The summed E-state index contributed by atoms with van der Waals surface area (Å²) in [4.78, 5) is 60.6. The van der Waals surface area contributed by atoms with Crippen molar-refractivity contribution in [2.45, 2.75) is 110 Å². The fourth-order valence-corrected chi connectivity index (χ4v) is 6.46. The lowest BCUT2D eigenvalue weighted by Gasteiger charge is -2.38. The number of nitrogens with zero attached hydrogens (tertiary/aromatic N) is 3. The molecule has 6 unspecified atom stereocenters. The zero-order valence-corrected chi connectivity index (χ0v) is 28.3. The van der Waals surface area contributed by atoms with E-state index in [1.807, 2.05) is 27.8 Å². The van der Waals surface area contributed by atoms with Crippen LogP contribution in [-0.2, 0) is 23.9 Å². The Labute approximate surface area is 261 Å². The van der Waals surface area contributed by atoms with Crippen molar-refractivity contribution in [1.29, 1.82) is 0 Å². The molecular formula is C31H53N5O6S. The highest BCUT2D eigenvalue weighted by Crippen LogP contribution is 2.30. The topological polar surface area (TPSA) is 130 Å². The van der Waals surface area contributed by atoms with Crippen molar-refractivity contribution in [2.24, 2.45) is 11.8 Å². The summed E-state index contributed by atoms with van der Waals surface area (Å²) in [5.41, 5.74) is 0.199. The van der Waals surface area contributed by atoms with Crippen LogP contribution in [0.3, 0.4) is 0 Å². The van der Waals surface area contributed by atoms with Gasteiger partial charge in [-0.1, -0.05) is 53.9 Å². The summed E-state index contributed by atoms with van der Waals surface area (Å²) < 4.78 is 10.6. The maximum Gasteiger partial charge on any atom is 0.328 e. The van der Waals surface area contributed by atoms with Crippen LogP contribution in [0.4, 0.5) is 0 Å². The van der Waals surface area contributed by atoms with Gasteiger partial charge in [0, 0.05) is 32.0 Å². The summed E-state index contributed by atoms with van der Waals surface area (Å²) in [7, 11) is 6.63. The Morgan fingerprint density at radius 2 is 1.84 bits per heavy atom. The van der Waals surface area contributed by atoms with Gasteiger partial charge in [-0.05, 0) is 44.7 Å². The number of amides is 3. The standard InChI is InChI=1S/C31H53N5O6S/c1-10-14-21(31(40)42-9)32-27(37)22-18-43-29(33-22)25(41-8)17-24(19(3)4)36(7)30(39)26(20(5)11-2)34-28(38)23-15-12-13-16-35(23)6/h18-21,23-26H,10-17H2,1-9H3,(H,32,37)(H,34,38). The van der Waals surface area contributed by atoms with Gasteiger partial charge in [-0.15, -0.1) is 11.3 Å². The first-order chi connectivity index (χ1) is 20.4. The fraction of sp³-hybridized carbons (Fsp3) is 0.774. The zero-order chi connectivity index (χ0) is 32.3. The molecule has 0 aliphatic carbocycles. The Balaban J connectivity index is 2.20. The van der Waals surface area contributed by atoms with Crippen molar-refractivity contribution in [3.8, 4) is 0 Å². The predicted octanol–water partition coefficient (Wildman–Crippen LogP) is 3.79. The molecule has 6 atom stereocenters. The molecule has 12 heteroatoms. The van der Waals surface area contributed by atoms with Crippen molar-refractivity contribution in [2.75, 3.05) is 34.9 Å². The molecule has 0 radical (unpaired) electrons. The SMILES string of the molecule is CCCC(NC(=O)c1csc(C(CC(C(C)C)N(C)C(=O)C(NC(=O)C2CCCCN2C)C(C)CC)OC)n1)C(=O)OC. The lowest BCUT2D eigenvalue weighted by molar-refractivity contribution is -0.143. The molecular weight excluding hydrogens is 570 g/mol. The van der Waals surface area contributed by atoms with Crippen LogP contribution >= 0.6 is 11.3 Å². The van der Waals surface area contributed by atoms with E-state index >= 15 is 0 Å². The molecule has 11 nitrogen and oxygen atoms in total. The quantitative estimate of drug-likeness (QED) is 0.266. The van der Waals surface area contributed by atoms with E-state index in [1.165, 1.54) is 18.4 Å². The maximum atomic E-state index is 14.0. The van der Waals surface area contributed by atoms with E-state index < -0.39 is 30.1 Å². The van der Waals surface area contributed by atoms with E-state index in [0.717, 1.165) is 32.2 Å². The van der Waals surface area contributed by atoms with Gasteiger partial charge in [0.2, 0.25) is 11.8 Å². The first kappa shape index (κ1) is 36.6. The first-order valence-corrected chi connectivity index (χ1v) is 16.4. The highest BCUT2D eigenvalue weighted by Gasteiger charge is 2.37. The Morgan fingerprint density at radius 1 is 1.14 bits per heavy atom. The highest BCUT2D eigenvalue weighted by atomic mass is 32.1. The molecule has 1 aromatic heterocycles. The first-order valence-electron chi connectivity index (χ1n) is 15.5. The van der Waals surface area contributed by atoms with Crippen LogP contribution in [0.25, 0.3) is 0 Å². The maximum absolute atomic E-state index is 14.0. The van der Waals surface area contributed by atoms with Crippen molar-refractivity contribution in [1.82, 2.24) is 25.4 Å². The van der Waals surface area contributed by atoms with Crippen LogP contribution in [0.5, 0.6) is 0 Å². The van der Waals surface area contributed by atoms with Gasteiger partial charge in [0.15, 0.2) is 0 Å². The minimum atomic E-state index is -0.742. The summed E-state index contributed by atoms with van der Waals surface area (Å²) in [6, 6.07) is -1.82. The smallest absolute Gasteiger partial charge is 0.328 e. The van der Waals surface area contributed by atoms with Gasteiger partial charge in [0.05, 0.1) is 13.2 Å². The van der Waals surface area contributed by atoms with Gasteiger partial charge in [-0.2, -0.15) is 0 Å². The normalized spacial score (nSPS) is 19.2. The molecule has 0 saturated carbocycles. The molecule has 2 N–H and O–H groups in total. The van der Waals surface area contributed by atoms with Crippen molar-refractivity contribution < 1.29 is 28.7 Å². The van der Waals surface area contributed by atoms with Crippen LogP contribution in [-0.4, -0.2) is 97.5 Å². The van der Waals surface area contributed by atoms with Gasteiger partial charge in [0.1, 0.15) is 28.9 Å². The van der Waals surface area contributed by atoms with Gasteiger partial charge in [0.25, 0.3) is 5.91 Å². The van der Waals surface area contributed by atoms with Crippen LogP contribution in [0.2, 0.25) is 0 Å². The van der Waals surface area contributed by atoms with Crippen molar-refractivity contribution >= 4 is 35.0 Å². The number of esters is 1. The van der Waals surface area contributed by atoms with Crippen molar-refractivity contribution in [3.63, 3.8) is 0 Å². The summed E-state index contributed by atoms with van der Waals surface area (Å²) >= 11 is 1.30. The number of methoxy groups -OCH3 is 2. The van der Waals surface area contributed by atoms with E-state index in [1.54, 1.807) is 24.4 Å². The molecule has 0 bridgehead atoms. The molecule has 244 valence electrons. The number of thiazole rings is 1. The average molecular weight is 624 g/mol. The van der Waals surface area contributed by atoms with E-state index in [9.17, 15) is 19.2 Å². The van der Waals surface area contributed by atoms with Gasteiger partial charge >= 0.3 is 5.97 Å². The van der Waals surface area contributed by atoms with Crippen LogP contribution in [0.1, 0.15) is 101 Å². The Morgan fingerprint density at radius 3 is 2.40 bits per heavy atom. The number of carbonyl (C=O) groups excluding carboxylic acids is 4. The number of hydrogen-bond acceptors (Lipinski definition) is 9. The number of likely N-dealkylation sites (tertiary alicyclic amines) is 1. The molecule has 0 aromatic carbocycles. The minimum absolute atomic E-state index is 0.0413. The number of piperidine rings is 1.